The fourth-order valence-electron chi connectivity index (χ4n) is 1.55. The van der Waals surface area contributed by atoms with Crippen LogP contribution >= 0.6 is 0 Å². The normalized spacial score (nSPS) is 14.2. The van der Waals surface area contributed by atoms with E-state index in [0.717, 1.165) is 25.2 Å². The third-order valence-electron chi connectivity index (χ3n) is 3.46. The van der Waals surface area contributed by atoms with Crippen LogP contribution in [-0.2, 0) is 13.0 Å². The highest BCUT2D eigenvalue weighted by Crippen LogP contribution is 2.25. The van der Waals surface area contributed by atoms with Gasteiger partial charge in [-0.05, 0) is 18.8 Å². The van der Waals surface area contributed by atoms with E-state index in [1.165, 1.54) is 0 Å². The van der Waals surface area contributed by atoms with Crippen molar-refractivity contribution in [2.24, 2.45) is 11.1 Å². The van der Waals surface area contributed by atoms with E-state index >= 15 is 0 Å². The Morgan fingerprint density at radius 2 is 2.13 bits per heavy atom. The Kier molecular flexibility index (Phi) is 3.91. The van der Waals surface area contributed by atoms with E-state index in [2.05, 4.69) is 37.2 Å². The van der Waals surface area contributed by atoms with Gasteiger partial charge in [0.25, 0.3) is 0 Å². The second-order valence-electron chi connectivity index (χ2n) is 4.78. The van der Waals surface area contributed by atoms with E-state index in [9.17, 15) is 0 Å². The van der Waals surface area contributed by atoms with Crippen molar-refractivity contribution >= 4 is 0 Å². The summed E-state index contributed by atoms with van der Waals surface area (Å²) < 4.78 is 2.16. The fraction of sp³-hybridized carbons (Fsp3) is 0.750. The van der Waals surface area contributed by atoms with Crippen LogP contribution in [0.3, 0.4) is 0 Å². The molecule has 0 amide bonds. The van der Waals surface area contributed by atoms with Gasteiger partial charge < -0.3 is 10.3 Å². The molecule has 2 N–H and O–H groups in total. The predicted molar refractivity (Wildman–Crippen MR) is 63.7 cm³/mol. The minimum Gasteiger partial charge on any atom is -0.335 e. The monoisotopic (exact) mass is 209 g/mol. The second kappa shape index (κ2) is 4.79. The summed E-state index contributed by atoms with van der Waals surface area (Å²) in [5.41, 5.74) is 6.41. The molecule has 1 rings (SSSR count). The standard InChI is InChI=1S/C12H23N3/c1-5-12(3,4)10(13)9-11-14-7-8-15(11)6-2/h7-8,10H,5-6,9,13H2,1-4H3. The van der Waals surface area contributed by atoms with Gasteiger partial charge in [-0.2, -0.15) is 0 Å². The molecule has 3 heteroatoms. The van der Waals surface area contributed by atoms with Crippen molar-refractivity contribution in [1.29, 1.82) is 0 Å². The van der Waals surface area contributed by atoms with Gasteiger partial charge in [0, 0.05) is 31.4 Å². The van der Waals surface area contributed by atoms with Crippen LogP contribution < -0.4 is 5.73 Å². The zero-order valence-electron chi connectivity index (χ0n) is 10.3. The quantitative estimate of drug-likeness (QED) is 0.808. The molecule has 0 fully saturated rings. The maximum atomic E-state index is 6.22. The summed E-state index contributed by atoms with van der Waals surface area (Å²) in [4.78, 5) is 4.36. The van der Waals surface area contributed by atoms with E-state index in [4.69, 9.17) is 5.73 Å². The highest BCUT2D eigenvalue weighted by molar-refractivity contribution is 4.97. The SMILES string of the molecule is CCn1ccnc1CC(N)C(C)(C)CC. The first-order valence-electron chi connectivity index (χ1n) is 5.76. The summed E-state index contributed by atoms with van der Waals surface area (Å²) >= 11 is 0. The molecular weight excluding hydrogens is 186 g/mol. The first kappa shape index (κ1) is 12.2. The van der Waals surface area contributed by atoms with Crippen LogP contribution in [0.1, 0.15) is 39.9 Å². The third-order valence-corrected chi connectivity index (χ3v) is 3.46. The number of imidazole rings is 1. The van der Waals surface area contributed by atoms with Gasteiger partial charge >= 0.3 is 0 Å². The highest BCUT2D eigenvalue weighted by Gasteiger charge is 2.25. The third kappa shape index (κ3) is 2.81. The molecule has 1 aromatic rings. The van der Waals surface area contributed by atoms with E-state index in [-0.39, 0.29) is 11.5 Å². The Morgan fingerprint density at radius 1 is 1.47 bits per heavy atom. The summed E-state index contributed by atoms with van der Waals surface area (Å²) in [6.07, 6.45) is 5.83. The molecule has 86 valence electrons. The maximum Gasteiger partial charge on any atom is 0.110 e. The van der Waals surface area contributed by atoms with Crippen LogP contribution in [-0.4, -0.2) is 15.6 Å². The van der Waals surface area contributed by atoms with Crippen LogP contribution in [0.4, 0.5) is 0 Å². The summed E-state index contributed by atoms with van der Waals surface area (Å²) in [6, 6.07) is 0.176. The molecule has 1 heterocycles. The first-order chi connectivity index (χ1) is 7.01. The second-order valence-corrected chi connectivity index (χ2v) is 4.78. The molecule has 0 saturated heterocycles. The minimum atomic E-state index is 0.176. The molecule has 0 radical (unpaired) electrons. The Labute approximate surface area is 92.7 Å². The van der Waals surface area contributed by atoms with E-state index in [1.54, 1.807) is 0 Å². The average molecular weight is 209 g/mol. The molecule has 0 aliphatic carbocycles. The largest absolute Gasteiger partial charge is 0.335 e. The van der Waals surface area contributed by atoms with Crippen LogP contribution in [0, 0.1) is 5.41 Å². The number of aromatic nitrogens is 2. The van der Waals surface area contributed by atoms with Crippen molar-refractivity contribution in [2.45, 2.75) is 53.1 Å². The molecule has 1 atom stereocenters. The molecule has 0 saturated carbocycles. The minimum absolute atomic E-state index is 0.176. The van der Waals surface area contributed by atoms with Crippen LogP contribution in [0.15, 0.2) is 12.4 Å². The van der Waals surface area contributed by atoms with Gasteiger partial charge in [0.05, 0.1) is 0 Å². The lowest BCUT2D eigenvalue weighted by Gasteiger charge is -2.30. The average Bonchev–Trinajstić information content (AvgIpc) is 2.65. The Bertz CT molecular complexity index is 302. The lowest BCUT2D eigenvalue weighted by molar-refractivity contribution is 0.268. The topological polar surface area (TPSA) is 43.8 Å². The number of hydrogen-bond donors (Lipinski definition) is 1. The predicted octanol–water partition coefficient (Wildman–Crippen LogP) is 2.21. The molecule has 1 aromatic heterocycles. The molecule has 0 aliphatic heterocycles. The number of nitrogens with zero attached hydrogens (tertiary/aromatic N) is 2. The zero-order valence-corrected chi connectivity index (χ0v) is 10.3. The van der Waals surface area contributed by atoms with E-state index < -0.39 is 0 Å². The first-order valence-corrected chi connectivity index (χ1v) is 5.76. The van der Waals surface area contributed by atoms with Crippen molar-refractivity contribution in [3.8, 4) is 0 Å². The number of nitrogens with two attached hydrogens (primary N) is 1. The van der Waals surface area contributed by atoms with Crippen molar-refractivity contribution in [3.63, 3.8) is 0 Å². The van der Waals surface area contributed by atoms with E-state index in [1.807, 2.05) is 12.4 Å². The Balaban J connectivity index is 2.70. The van der Waals surface area contributed by atoms with Crippen LogP contribution in [0.2, 0.25) is 0 Å². The maximum absolute atomic E-state index is 6.22. The van der Waals surface area contributed by atoms with Crippen molar-refractivity contribution in [2.75, 3.05) is 0 Å². The molecule has 0 bridgehead atoms. The van der Waals surface area contributed by atoms with Crippen molar-refractivity contribution < 1.29 is 0 Å². The molecule has 0 spiro atoms. The zero-order chi connectivity index (χ0) is 11.5. The van der Waals surface area contributed by atoms with Gasteiger partial charge in [-0.3, -0.25) is 0 Å². The molecule has 0 aromatic carbocycles. The van der Waals surface area contributed by atoms with Gasteiger partial charge in [-0.1, -0.05) is 20.8 Å². The van der Waals surface area contributed by atoms with Crippen LogP contribution in [0.25, 0.3) is 0 Å². The lowest BCUT2D eigenvalue weighted by Crippen LogP contribution is -2.39. The lowest BCUT2D eigenvalue weighted by atomic mass is 9.81. The molecular formula is C12H23N3. The molecule has 3 nitrogen and oxygen atoms in total. The summed E-state index contributed by atoms with van der Waals surface area (Å²) in [5, 5.41) is 0. The molecule has 15 heavy (non-hydrogen) atoms. The van der Waals surface area contributed by atoms with Gasteiger partial charge in [0.2, 0.25) is 0 Å². The number of hydrogen-bond acceptors (Lipinski definition) is 2. The summed E-state index contributed by atoms with van der Waals surface area (Å²) in [7, 11) is 0. The van der Waals surface area contributed by atoms with Crippen LogP contribution in [0.5, 0.6) is 0 Å². The number of aryl methyl sites for hydroxylation is 1. The van der Waals surface area contributed by atoms with Gasteiger partial charge in [0.1, 0.15) is 5.82 Å². The summed E-state index contributed by atoms with van der Waals surface area (Å²) in [5.74, 6) is 1.10. The van der Waals surface area contributed by atoms with Crippen molar-refractivity contribution in [3.05, 3.63) is 18.2 Å². The smallest absolute Gasteiger partial charge is 0.110 e. The van der Waals surface area contributed by atoms with Gasteiger partial charge in [0.15, 0.2) is 0 Å². The molecule has 1 unspecified atom stereocenters. The molecule has 0 aliphatic rings. The van der Waals surface area contributed by atoms with Gasteiger partial charge in [-0.25, -0.2) is 4.98 Å². The highest BCUT2D eigenvalue weighted by atomic mass is 15.1. The van der Waals surface area contributed by atoms with E-state index in [0.29, 0.717) is 0 Å². The Hall–Kier alpha value is -0.830. The fourth-order valence-corrected chi connectivity index (χ4v) is 1.55. The Morgan fingerprint density at radius 3 is 2.67 bits per heavy atom. The number of rotatable bonds is 5. The van der Waals surface area contributed by atoms with Crippen molar-refractivity contribution in [1.82, 2.24) is 9.55 Å². The summed E-state index contributed by atoms with van der Waals surface area (Å²) in [6.45, 7) is 9.72. The van der Waals surface area contributed by atoms with Gasteiger partial charge in [-0.15, -0.1) is 0 Å².